The second-order valence-corrected chi connectivity index (χ2v) is 2.80. The van der Waals surface area contributed by atoms with Gasteiger partial charge in [-0.05, 0) is 0 Å². The number of tetrazole rings is 1. The van der Waals surface area contributed by atoms with E-state index < -0.39 is 4.92 Å². The Hall–Kier alpha value is -2.32. The highest BCUT2D eigenvalue weighted by Crippen LogP contribution is 2.07. The van der Waals surface area contributed by atoms with Crippen LogP contribution in [-0.4, -0.2) is 35.3 Å². The van der Waals surface area contributed by atoms with Crippen LogP contribution in [0, 0.1) is 10.1 Å². The number of H-pyrrole nitrogens is 1. The van der Waals surface area contributed by atoms with E-state index in [4.69, 9.17) is 0 Å². The van der Waals surface area contributed by atoms with E-state index in [0.717, 1.165) is 0 Å². The van der Waals surface area contributed by atoms with Crippen molar-refractivity contribution in [2.75, 3.05) is 0 Å². The zero-order valence-electron chi connectivity index (χ0n) is 7.57. The molecule has 0 atom stereocenters. The van der Waals surface area contributed by atoms with Crippen molar-refractivity contribution < 1.29 is 4.92 Å². The zero-order valence-corrected chi connectivity index (χ0v) is 7.57. The van der Waals surface area contributed by atoms with Crippen LogP contribution in [-0.2, 0) is 13.0 Å². The van der Waals surface area contributed by atoms with Gasteiger partial charge in [0.15, 0.2) is 5.82 Å². The summed E-state index contributed by atoms with van der Waals surface area (Å²) in [4.78, 5) is 9.87. The van der Waals surface area contributed by atoms with Crippen molar-refractivity contribution in [3.8, 4) is 0 Å². The van der Waals surface area contributed by atoms with Crippen molar-refractivity contribution in [1.82, 2.24) is 30.4 Å². The van der Waals surface area contributed by atoms with Gasteiger partial charge in [-0.3, -0.25) is 14.8 Å². The molecule has 0 aromatic carbocycles. The Morgan fingerprint density at radius 2 is 2.47 bits per heavy atom. The standard InChI is InChI=1S/C6H7N7O2/c14-13(15)5-3-7-12(4-5)2-1-6-8-10-11-9-6/h3-4H,1-2H2,(H,8,9,10,11). The largest absolute Gasteiger partial charge is 0.306 e. The van der Waals surface area contributed by atoms with Gasteiger partial charge in [0.1, 0.15) is 12.4 Å². The molecule has 78 valence electrons. The van der Waals surface area contributed by atoms with Crippen LogP contribution in [0.3, 0.4) is 0 Å². The van der Waals surface area contributed by atoms with E-state index in [-0.39, 0.29) is 5.69 Å². The highest BCUT2D eigenvalue weighted by atomic mass is 16.6. The molecular weight excluding hydrogens is 202 g/mol. The maximum atomic E-state index is 10.4. The maximum Gasteiger partial charge on any atom is 0.306 e. The molecule has 0 saturated heterocycles. The minimum absolute atomic E-state index is 0.0249. The van der Waals surface area contributed by atoms with Crippen molar-refractivity contribution in [3.05, 3.63) is 28.3 Å². The van der Waals surface area contributed by atoms with Crippen molar-refractivity contribution in [2.24, 2.45) is 0 Å². The average molecular weight is 209 g/mol. The van der Waals surface area contributed by atoms with Gasteiger partial charge in [-0.1, -0.05) is 5.21 Å². The Balaban J connectivity index is 1.96. The quantitative estimate of drug-likeness (QED) is 0.538. The van der Waals surface area contributed by atoms with Crippen LogP contribution in [0.2, 0.25) is 0 Å². The van der Waals surface area contributed by atoms with Gasteiger partial charge in [0.2, 0.25) is 0 Å². The second-order valence-electron chi connectivity index (χ2n) is 2.80. The molecule has 2 heterocycles. The van der Waals surface area contributed by atoms with Gasteiger partial charge in [-0.2, -0.15) is 10.3 Å². The van der Waals surface area contributed by atoms with Gasteiger partial charge in [0, 0.05) is 13.0 Å². The van der Waals surface area contributed by atoms with Gasteiger partial charge in [-0.15, -0.1) is 10.2 Å². The summed E-state index contributed by atoms with van der Waals surface area (Å²) < 4.78 is 1.47. The summed E-state index contributed by atoms with van der Waals surface area (Å²) in [5.74, 6) is 0.549. The first-order chi connectivity index (χ1) is 7.25. The molecular formula is C6H7N7O2. The summed E-state index contributed by atoms with van der Waals surface area (Å²) in [7, 11) is 0. The van der Waals surface area contributed by atoms with E-state index in [1.165, 1.54) is 17.1 Å². The van der Waals surface area contributed by atoms with Gasteiger partial charge in [-0.25, -0.2) is 0 Å². The van der Waals surface area contributed by atoms with Gasteiger partial charge in [0.05, 0.1) is 4.92 Å². The second kappa shape index (κ2) is 3.82. The summed E-state index contributed by atoms with van der Waals surface area (Å²) in [6, 6.07) is 0. The van der Waals surface area contributed by atoms with E-state index in [9.17, 15) is 10.1 Å². The molecule has 0 saturated carbocycles. The highest BCUT2D eigenvalue weighted by molar-refractivity contribution is 5.20. The van der Waals surface area contributed by atoms with Crippen LogP contribution >= 0.6 is 0 Å². The molecule has 0 aliphatic heterocycles. The lowest BCUT2D eigenvalue weighted by Crippen LogP contribution is -2.02. The summed E-state index contributed by atoms with van der Waals surface area (Å²) in [5, 5.41) is 27.4. The van der Waals surface area contributed by atoms with Crippen LogP contribution in [0.25, 0.3) is 0 Å². The Morgan fingerprint density at radius 3 is 3.07 bits per heavy atom. The molecule has 2 rings (SSSR count). The summed E-state index contributed by atoms with van der Waals surface area (Å²) in [5.41, 5.74) is -0.0249. The van der Waals surface area contributed by atoms with Crippen molar-refractivity contribution in [2.45, 2.75) is 13.0 Å². The molecule has 0 amide bonds. The number of rotatable bonds is 4. The lowest BCUT2D eigenvalue weighted by molar-refractivity contribution is -0.385. The number of hydrogen-bond acceptors (Lipinski definition) is 6. The molecule has 2 aromatic heterocycles. The summed E-state index contributed by atoms with van der Waals surface area (Å²) in [6.45, 7) is 0.480. The van der Waals surface area contributed by atoms with E-state index in [0.29, 0.717) is 18.8 Å². The number of nitrogens with one attached hydrogen (secondary N) is 1. The fourth-order valence-electron chi connectivity index (χ4n) is 1.07. The Kier molecular flexibility index (Phi) is 2.35. The third kappa shape index (κ3) is 2.13. The SMILES string of the molecule is O=[N+]([O-])c1cnn(CCc2nn[nH]n2)c1. The van der Waals surface area contributed by atoms with Gasteiger partial charge >= 0.3 is 5.69 Å². The van der Waals surface area contributed by atoms with E-state index in [1.54, 1.807) is 0 Å². The Bertz CT molecular complexity index is 448. The van der Waals surface area contributed by atoms with E-state index in [1.807, 2.05) is 0 Å². The summed E-state index contributed by atoms with van der Waals surface area (Å²) >= 11 is 0. The topological polar surface area (TPSA) is 115 Å². The van der Waals surface area contributed by atoms with Crippen molar-refractivity contribution in [3.63, 3.8) is 0 Å². The fourth-order valence-corrected chi connectivity index (χ4v) is 1.07. The normalized spacial score (nSPS) is 10.4. The molecule has 9 heteroatoms. The monoisotopic (exact) mass is 209 g/mol. The molecule has 9 nitrogen and oxygen atoms in total. The lowest BCUT2D eigenvalue weighted by atomic mass is 10.4. The van der Waals surface area contributed by atoms with Gasteiger partial charge in [0.25, 0.3) is 0 Å². The molecule has 0 fully saturated rings. The molecule has 2 aromatic rings. The average Bonchev–Trinajstić information content (AvgIpc) is 2.86. The molecule has 0 unspecified atom stereocenters. The number of aromatic amines is 1. The molecule has 1 N–H and O–H groups in total. The van der Waals surface area contributed by atoms with Crippen LogP contribution in [0.4, 0.5) is 5.69 Å². The number of nitro groups is 1. The third-order valence-electron chi connectivity index (χ3n) is 1.78. The number of nitrogens with zero attached hydrogens (tertiary/aromatic N) is 6. The van der Waals surface area contributed by atoms with Crippen LogP contribution in [0.1, 0.15) is 5.82 Å². The third-order valence-corrected chi connectivity index (χ3v) is 1.78. The molecule has 0 aliphatic carbocycles. The number of aryl methyl sites for hydroxylation is 2. The Labute approximate surface area is 83.3 Å². The molecule has 0 radical (unpaired) electrons. The predicted molar refractivity (Wildman–Crippen MR) is 46.8 cm³/mol. The smallest absolute Gasteiger partial charge is 0.265 e. The molecule has 0 spiro atoms. The fraction of sp³-hybridized carbons (Fsp3) is 0.333. The molecule has 0 bridgehead atoms. The number of hydrogen-bond donors (Lipinski definition) is 1. The lowest BCUT2D eigenvalue weighted by Gasteiger charge is -1.95. The first-order valence-corrected chi connectivity index (χ1v) is 4.15. The highest BCUT2D eigenvalue weighted by Gasteiger charge is 2.08. The van der Waals surface area contributed by atoms with Crippen molar-refractivity contribution >= 4 is 5.69 Å². The first-order valence-electron chi connectivity index (χ1n) is 4.15. The van der Waals surface area contributed by atoms with E-state index >= 15 is 0 Å². The van der Waals surface area contributed by atoms with Crippen molar-refractivity contribution in [1.29, 1.82) is 0 Å². The molecule has 0 aliphatic rings. The van der Waals surface area contributed by atoms with E-state index in [2.05, 4.69) is 25.7 Å². The van der Waals surface area contributed by atoms with Gasteiger partial charge < -0.3 is 0 Å². The maximum absolute atomic E-state index is 10.4. The Morgan fingerprint density at radius 1 is 1.60 bits per heavy atom. The minimum atomic E-state index is -0.488. The zero-order chi connectivity index (χ0) is 10.7. The van der Waals surface area contributed by atoms with Crippen LogP contribution in [0.15, 0.2) is 12.4 Å². The molecule has 15 heavy (non-hydrogen) atoms. The number of aromatic nitrogens is 6. The first kappa shape index (κ1) is 9.24. The van der Waals surface area contributed by atoms with Crippen LogP contribution < -0.4 is 0 Å². The minimum Gasteiger partial charge on any atom is -0.265 e. The predicted octanol–water partition coefficient (Wildman–Crippen LogP) is -0.453. The van der Waals surface area contributed by atoms with Crippen LogP contribution in [0.5, 0.6) is 0 Å². The summed E-state index contributed by atoms with van der Waals surface area (Å²) in [6.07, 6.45) is 3.09.